The van der Waals surface area contributed by atoms with Gasteiger partial charge in [-0.3, -0.25) is 4.79 Å². The lowest BCUT2D eigenvalue weighted by atomic mass is 9.63. The zero-order valence-corrected chi connectivity index (χ0v) is 13.4. The zero-order chi connectivity index (χ0) is 14.3. The Balaban J connectivity index is 2.00. The number of carbonyl (C=O) groups excluding carboxylic acids is 1. The van der Waals surface area contributed by atoms with Gasteiger partial charge in [-0.05, 0) is 48.3 Å². The minimum absolute atomic E-state index is 0.144. The normalized spacial score (nSPS) is 29.1. The predicted molar refractivity (Wildman–Crippen MR) is 84.3 cm³/mol. The first-order valence-electron chi connectivity index (χ1n) is 7.58. The molecule has 1 saturated heterocycles. The first-order valence-corrected chi connectivity index (χ1v) is 8.56. The molecule has 1 fully saturated rings. The lowest BCUT2D eigenvalue weighted by Gasteiger charge is -2.50. The van der Waals surface area contributed by atoms with Crippen molar-refractivity contribution in [3.05, 3.63) is 29.3 Å². The van der Waals surface area contributed by atoms with Gasteiger partial charge in [-0.25, -0.2) is 0 Å². The fourth-order valence-electron chi connectivity index (χ4n) is 4.02. The topological polar surface area (TPSA) is 20.3 Å². The van der Waals surface area contributed by atoms with Crippen molar-refractivity contribution in [2.24, 2.45) is 0 Å². The van der Waals surface area contributed by atoms with Crippen molar-refractivity contribution in [1.29, 1.82) is 0 Å². The predicted octanol–water partition coefficient (Wildman–Crippen LogP) is 3.62. The minimum atomic E-state index is 0.144. The van der Waals surface area contributed by atoms with E-state index in [-0.39, 0.29) is 5.41 Å². The van der Waals surface area contributed by atoms with Gasteiger partial charge in [0.25, 0.3) is 0 Å². The second-order valence-corrected chi connectivity index (χ2v) is 7.57. The van der Waals surface area contributed by atoms with Crippen LogP contribution >= 0.6 is 11.8 Å². The van der Waals surface area contributed by atoms with Gasteiger partial charge in [0.05, 0.1) is 0 Å². The Hall–Kier alpha value is -0.960. The summed E-state index contributed by atoms with van der Waals surface area (Å²) >= 11 is 1.91. The Labute approximate surface area is 125 Å². The SMILES string of the molecule is CCSc1ccc2c(c1)CC[C@H]1N(C)C(=O)CC[C@]21C. The molecule has 0 bridgehead atoms. The van der Waals surface area contributed by atoms with E-state index in [1.54, 1.807) is 0 Å². The highest BCUT2D eigenvalue weighted by Gasteiger charge is 2.46. The second-order valence-electron chi connectivity index (χ2n) is 6.23. The number of carbonyl (C=O) groups is 1. The number of hydrogen-bond donors (Lipinski definition) is 0. The van der Waals surface area contributed by atoms with Crippen molar-refractivity contribution in [2.75, 3.05) is 12.8 Å². The van der Waals surface area contributed by atoms with E-state index in [0.29, 0.717) is 18.4 Å². The molecule has 2 aliphatic rings. The number of hydrogen-bond acceptors (Lipinski definition) is 2. The lowest BCUT2D eigenvalue weighted by molar-refractivity contribution is -0.138. The van der Waals surface area contributed by atoms with Crippen molar-refractivity contribution in [2.45, 2.75) is 55.9 Å². The monoisotopic (exact) mass is 289 g/mol. The standard InChI is InChI=1S/C17H23NOS/c1-4-20-13-6-7-14-12(11-13)5-8-15-17(14,2)10-9-16(19)18(15)3/h6-7,11,15H,4-5,8-10H2,1-3H3/t15-,17-/m1/s1. The van der Waals surface area contributed by atoms with Gasteiger partial charge in [0, 0.05) is 29.8 Å². The average molecular weight is 289 g/mol. The van der Waals surface area contributed by atoms with Gasteiger partial charge in [0.2, 0.25) is 5.91 Å². The van der Waals surface area contributed by atoms with E-state index in [1.807, 2.05) is 23.7 Å². The second kappa shape index (κ2) is 5.10. The molecule has 2 atom stereocenters. The van der Waals surface area contributed by atoms with Gasteiger partial charge in [-0.1, -0.05) is 19.9 Å². The van der Waals surface area contributed by atoms with E-state index in [1.165, 1.54) is 16.0 Å². The Morgan fingerprint density at radius 3 is 2.95 bits per heavy atom. The average Bonchev–Trinajstić information content (AvgIpc) is 2.44. The van der Waals surface area contributed by atoms with Crippen LogP contribution in [0, 0.1) is 0 Å². The smallest absolute Gasteiger partial charge is 0.222 e. The maximum absolute atomic E-state index is 12.0. The Bertz CT molecular complexity index is 542. The molecule has 2 nitrogen and oxygen atoms in total. The van der Waals surface area contributed by atoms with Crippen LogP contribution in [0.1, 0.15) is 44.2 Å². The zero-order valence-electron chi connectivity index (χ0n) is 12.6. The van der Waals surface area contributed by atoms with Gasteiger partial charge in [-0.15, -0.1) is 11.8 Å². The summed E-state index contributed by atoms with van der Waals surface area (Å²) in [7, 11) is 1.98. The van der Waals surface area contributed by atoms with Crippen LogP contribution in [-0.2, 0) is 16.6 Å². The Kier molecular flexibility index (Phi) is 3.57. The molecule has 1 heterocycles. The summed E-state index contributed by atoms with van der Waals surface area (Å²) < 4.78 is 0. The van der Waals surface area contributed by atoms with Gasteiger partial charge in [0.1, 0.15) is 0 Å². The minimum Gasteiger partial charge on any atom is -0.342 e. The number of nitrogens with zero attached hydrogens (tertiary/aromatic N) is 1. The molecule has 20 heavy (non-hydrogen) atoms. The van der Waals surface area contributed by atoms with Gasteiger partial charge in [0.15, 0.2) is 0 Å². The first kappa shape index (κ1) is 14.0. The van der Waals surface area contributed by atoms with Gasteiger partial charge < -0.3 is 4.90 Å². The molecule has 1 amide bonds. The molecule has 3 heteroatoms. The van der Waals surface area contributed by atoms with Crippen LogP contribution in [0.2, 0.25) is 0 Å². The summed E-state index contributed by atoms with van der Waals surface area (Å²) in [6.07, 6.45) is 3.89. The van der Waals surface area contributed by atoms with Gasteiger partial charge >= 0.3 is 0 Å². The van der Waals surface area contributed by atoms with Crippen LogP contribution in [-0.4, -0.2) is 29.6 Å². The summed E-state index contributed by atoms with van der Waals surface area (Å²) in [5.41, 5.74) is 3.13. The lowest BCUT2D eigenvalue weighted by Crippen LogP contribution is -2.56. The summed E-state index contributed by atoms with van der Waals surface area (Å²) in [5.74, 6) is 1.43. The summed E-state index contributed by atoms with van der Waals surface area (Å²) in [5, 5.41) is 0. The third-order valence-corrected chi connectivity index (χ3v) is 6.02. The number of amides is 1. The number of aryl methyl sites for hydroxylation is 1. The molecule has 108 valence electrons. The van der Waals surface area contributed by atoms with E-state index in [4.69, 9.17) is 0 Å². The van der Waals surface area contributed by atoms with Gasteiger partial charge in [-0.2, -0.15) is 0 Å². The fraction of sp³-hybridized carbons (Fsp3) is 0.588. The molecule has 1 aliphatic heterocycles. The molecule has 1 aromatic rings. The quantitative estimate of drug-likeness (QED) is 0.775. The number of likely N-dealkylation sites (tertiary alicyclic amines) is 1. The third kappa shape index (κ3) is 2.07. The van der Waals surface area contributed by atoms with Crippen LogP contribution in [0.15, 0.2) is 23.1 Å². The van der Waals surface area contributed by atoms with Crippen LogP contribution < -0.4 is 0 Å². The summed E-state index contributed by atoms with van der Waals surface area (Å²) in [4.78, 5) is 15.3. The highest BCUT2D eigenvalue weighted by atomic mass is 32.2. The highest BCUT2D eigenvalue weighted by molar-refractivity contribution is 7.99. The van der Waals surface area contributed by atoms with Crippen molar-refractivity contribution >= 4 is 17.7 Å². The Morgan fingerprint density at radius 1 is 1.40 bits per heavy atom. The molecule has 0 spiro atoms. The molecular weight excluding hydrogens is 266 g/mol. The third-order valence-electron chi connectivity index (χ3n) is 5.14. The number of piperidine rings is 1. The van der Waals surface area contributed by atoms with E-state index in [2.05, 4.69) is 32.0 Å². The number of fused-ring (bicyclic) bond motifs is 3. The maximum atomic E-state index is 12.0. The van der Waals surface area contributed by atoms with Crippen LogP contribution in [0.5, 0.6) is 0 Å². The number of rotatable bonds is 2. The summed E-state index contributed by atoms with van der Waals surface area (Å²) in [6, 6.07) is 7.34. The van der Waals surface area contributed by atoms with E-state index in [9.17, 15) is 4.79 Å². The van der Waals surface area contributed by atoms with Crippen molar-refractivity contribution < 1.29 is 4.79 Å². The molecule has 0 aromatic heterocycles. The molecule has 0 unspecified atom stereocenters. The maximum Gasteiger partial charge on any atom is 0.222 e. The van der Waals surface area contributed by atoms with Crippen LogP contribution in [0.4, 0.5) is 0 Å². The number of thioether (sulfide) groups is 1. The fourth-order valence-corrected chi connectivity index (χ4v) is 4.74. The summed E-state index contributed by atoms with van der Waals surface area (Å²) in [6.45, 7) is 4.55. The number of likely N-dealkylation sites (N-methyl/N-ethyl adjacent to an activating group) is 1. The van der Waals surface area contributed by atoms with Crippen LogP contribution in [0.25, 0.3) is 0 Å². The molecule has 1 aliphatic carbocycles. The highest BCUT2D eigenvalue weighted by Crippen LogP contribution is 2.46. The van der Waals surface area contributed by atoms with Crippen LogP contribution in [0.3, 0.4) is 0 Å². The molecule has 0 saturated carbocycles. The number of benzene rings is 1. The van der Waals surface area contributed by atoms with Crippen molar-refractivity contribution in [3.8, 4) is 0 Å². The first-order chi connectivity index (χ1) is 9.56. The largest absolute Gasteiger partial charge is 0.342 e. The molecule has 1 aromatic carbocycles. The van der Waals surface area contributed by atoms with E-state index >= 15 is 0 Å². The van der Waals surface area contributed by atoms with E-state index in [0.717, 1.165) is 25.0 Å². The molecule has 0 N–H and O–H groups in total. The van der Waals surface area contributed by atoms with Crippen molar-refractivity contribution in [1.82, 2.24) is 4.90 Å². The van der Waals surface area contributed by atoms with Crippen molar-refractivity contribution in [3.63, 3.8) is 0 Å². The molecule has 0 radical (unpaired) electrons. The Morgan fingerprint density at radius 2 is 2.20 bits per heavy atom. The van der Waals surface area contributed by atoms with E-state index < -0.39 is 0 Å². The molecular formula is C17H23NOS. The molecule has 3 rings (SSSR count).